The van der Waals surface area contributed by atoms with Crippen molar-refractivity contribution >= 4 is 11.9 Å². The van der Waals surface area contributed by atoms with E-state index in [0.29, 0.717) is 43.2 Å². The Morgan fingerprint density at radius 2 is 2.05 bits per heavy atom. The molecule has 2 aliphatic rings. The Morgan fingerprint density at radius 3 is 2.81 bits per heavy atom. The molecule has 1 fully saturated rings. The molecule has 3 rings (SSSR count). The van der Waals surface area contributed by atoms with Gasteiger partial charge in [0.15, 0.2) is 11.5 Å². The summed E-state index contributed by atoms with van der Waals surface area (Å²) in [6, 6.07) is 5.23. The Bertz CT molecular complexity index is 571. The summed E-state index contributed by atoms with van der Waals surface area (Å²) in [4.78, 5) is 25.2. The number of para-hydroxylation sites is 1. The molecule has 0 spiro atoms. The maximum Gasteiger partial charge on any atom is 0.308 e. The standard InChI is InChI=1S/C15H17NO5/c17-14(16-6-5-10(9-16)15(18)19)11-3-1-4-12-13(11)21-8-2-7-20-12/h1,3-4,10H,2,5-9H2,(H,18,19). The highest BCUT2D eigenvalue weighted by molar-refractivity contribution is 5.98. The van der Waals surface area contributed by atoms with Crippen molar-refractivity contribution in [1.82, 2.24) is 4.90 Å². The van der Waals surface area contributed by atoms with Crippen LogP contribution < -0.4 is 9.47 Å². The zero-order valence-corrected chi connectivity index (χ0v) is 11.6. The van der Waals surface area contributed by atoms with Gasteiger partial charge in [0.25, 0.3) is 5.91 Å². The number of fused-ring (bicyclic) bond motifs is 1. The van der Waals surface area contributed by atoms with Crippen LogP contribution in [0, 0.1) is 5.92 Å². The van der Waals surface area contributed by atoms with E-state index < -0.39 is 11.9 Å². The molecule has 1 aromatic carbocycles. The molecule has 1 amide bonds. The number of likely N-dealkylation sites (tertiary alicyclic amines) is 1. The minimum Gasteiger partial charge on any atom is -0.490 e. The third-order valence-electron chi connectivity index (χ3n) is 3.83. The summed E-state index contributed by atoms with van der Waals surface area (Å²) >= 11 is 0. The molecule has 1 N–H and O–H groups in total. The van der Waals surface area contributed by atoms with Gasteiger partial charge >= 0.3 is 5.97 Å². The first-order chi connectivity index (χ1) is 10.2. The molecule has 6 nitrogen and oxygen atoms in total. The Balaban J connectivity index is 1.84. The first-order valence-electron chi connectivity index (χ1n) is 7.07. The summed E-state index contributed by atoms with van der Waals surface area (Å²) in [5.74, 6) is -0.475. The van der Waals surface area contributed by atoms with E-state index in [-0.39, 0.29) is 12.5 Å². The van der Waals surface area contributed by atoms with Gasteiger partial charge in [-0.3, -0.25) is 9.59 Å². The average molecular weight is 291 g/mol. The van der Waals surface area contributed by atoms with E-state index in [9.17, 15) is 9.59 Å². The van der Waals surface area contributed by atoms with Crippen LogP contribution in [0.25, 0.3) is 0 Å². The predicted molar refractivity (Wildman–Crippen MR) is 73.7 cm³/mol. The zero-order chi connectivity index (χ0) is 14.8. The van der Waals surface area contributed by atoms with Crippen molar-refractivity contribution in [2.45, 2.75) is 12.8 Å². The van der Waals surface area contributed by atoms with Gasteiger partial charge in [-0.2, -0.15) is 0 Å². The Morgan fingerprint density at radius 1 is 1.24 bits per heavy atom. The third-order valence-corrected chi connectivity index (χ3v) is 3.83. The number of carboxylic acid groups (broad SMARTS) is 1. The highest BCUT2D eigenvalue weighted by Gasteiger charge is 2.33. The number of rotatable bonds is 2. The van der Waals surface area contributed by atoms with E-state index >= 15 is 0 Å². The maximum absolute atomic E-state index is 12.6. The summed E-state index contributed by atoms with van der Waals surface area (Å²) in [6.07, 6.45) is 1.26. The number of ether oxygens (including phenoxy) is 2. The lowest BCUT2D eigenvalue weighted by Gasteiger charge is -2.18. The second kappa shape index (κ2) is 5.63. The summed E-state index contributed by atoms with van der Waals surface area (Å²) in [7, 11) is 0. The number of carboxylic acids is 1. The normalized spacial score (nSPS) is 21.0. The molecule has 1 atom stereocenters. The first kappa shape index (κ1) is 13.7. The van der Waals surface area contributed by atoms with Crippen molar-refractivity contribution in [2.24, 2.45) is 5.92 Å². The fourth-order valence-electron chi connectivity index (χ4n) is 2.68. The number of benzene rings is 1. The minimum atomic E-state index is -0.850. The number of carbonyl (C=O) groups is 2. The lowest BCUT2D eigenvalue weighted by Crippen LogP contribution is -2.30. The molecular formula is C15H17NO5. The van der Waals surface area contributed by atoms with Gasteiger partial charge in [-0.05, 0) is 18.6 Å². The van der Waals surface area contributed by atoms with Crippen LogP contribution in [0.2, 0.25) is 0 Å². The van der Waals surface area contributed by atoms with Gasteiger partial charge in [0.1, 0.15) is 0 Å². The fraction of sp³-hybridized carbons (Fsp3) is 0.467. The number of amides is 1. The van der Waals surface area contributed by atoms with Crippen molar-refractivity contribution in [3.05, 3.63) is 23.8 Å². The molecular weight excluding hydrogens is 274 g/mol. The molecule has 1 saturated heterocycles. The summed E-state index contributed by atoms with van der Waals surface area (Å²) in [5, 5.41) is 9.03. The first-order valence-corrected chi connectivity index (χ1v) is 7.07. The Kier molecular flexibility index (Phi) is 3.68. The van der Waals surface area contributed by atoms with E-state index in [1.807, 2.05) is 0 Å². The molecule has 1 unspecified atom stereocenters. The van der Waals surface area contributed by atoms with Crippen molar-refractivity contribution in [3.63, 3.8) is 0 Å². The van der Waals surface area contributed by atoms with Crippen LogP contribution in [0.3, 0.4) is 0 Å². The molecule has 2 heterocycles. The largest absolute Gasteiger partial charge is 0.490 e. The molecule has 0 bridgehead atoms. The van der Waals surface area contributed by atoms with Gasteiger partial charge < -0.3 is 19.5 Å². The fourth-order valence-corrected chi connectivity index (χ4v) is 2.68. The molecule has 21 heavy (non-hydrogen) atoms. The Labute approximate surface area is 122 Å². The van der Waals surface area contributed by atoms with Crippen LogP contribution >= 0.6 is 0 Å². The van der Waals surface area contributed by atoms with Crippen molar-refractivity contribution in [1.29, 1.82) is 0 Å². The number of aliphatic carboxylic acids is 1. The van der Waals surface area contributed by atoms with Crippen LogP contribution in [-0.2, 0) is 4.79 Å². The van der Waals surface area contributed by atoms with Crippen molar-refractivity contribution in [3.8, 4) is 11.5 Å². The second-order valence-corrected chi connectivity index (χ2v) is 5.26. The quantitative estimate of drug-likeness (QED) is 0.891. The number of carbonyl (C=O) groups excluding carboxylic acids is 1. The molecule has 6 heteroatoms. The van der Waals surface area contributed by atoms with Gasteiger partial charge in [0, 0.05) is 19.5 Å². The number of hydrogen-bond acceptors (Lipinski definition) is 4. The Hall–Kier alpha value is -2.24. The summed E-state index contributed by atoms with van der Waals surface area (Å²) < 4.78 is 11.2. The monoisotopic (exact) mass is 291 g/mol. The zero-order valence-electron chi connectivity index (χ0n) is 11.6. The smallest absolute Gasteiger partial charge is 0.308 e. The second-order valence-electron chi connectivity index (χ2n) is 5.26. The van der Waals surface area contributed by atoms with Gasteiger partial charge in [0.05, 0.1) is 24.7 Å². The van der Waals surface area contributed by atoms with Gasteiger partial charge in [-0.25, -0.2) is 0 Å². The summed E-state index contributed by atoms with van der Waals surface area (Å²) in [6.45, 7) is 1.78. The third kappa shape index (κ3) is 2.66. The van der Waals surface area contributed by atoms with Crippen molar-refractivity contribution in [2.75, 3.05) is 26.3 Å². The molecule has 1 aromatic rings. The van der Waals surface area contributed by atoms with E-state index in [1.165, 1.54) is 0 Å². The molecule has 0 saturated carbocycles. The number of hydrogen-bond donors (Lipinski definition) is 1. The minimum absolute atomic E-state index is 0.193. The van der Waals surface area contributed by atoms with Crippen LogP contribution in [0.15, 0.2) is 18.2 Å². The van der Waals surface area contributed by atoms with Gasteiger partial charge in [-0.1, -0.05) is 6.07 Å². The molecule has 2 aliphatic heterocycles. The van der Waals surface area contributed by atoms with Crippen LogP contribution in [0.4, 0.5) is 0 Å². The van der Waals surface area contributed by atoms with E-state index in [2.05, 4.69) is 0 Å². The van der Waals surface area contributed by atoms with E-state index in [0.717, 1.165) is 6.42 Å². The van der Waals surface area contributed by atoms with Crippen molar-refractivity contribution < 1.29 is 24.2 Å². The maximum atomic E-state index is 12.6. The number of nitrogens with zero attached hydrogens (tertiary/aromatic N) is 1. The van der Waals surface area contributed by atoms with Crippen LogP contribution in [0.1, 0.15) is 23.2 Å². The van der Waals surface area contributed by atoms with Gasteiger partial charge in [-0.15, -0.1) is 0 Å². The lowest BCUT2D eigenvalue weighted by atomic mass is 10.1. The molecule has 112 valence electrons. The lowest BCUT2D eigenvalue weighted by molar-refractivity contribution is -0.141. The predicted octanol–water partition coefficient (Wildman–Crippen LogP) is 1.39. The molecule has 0 radical (unpaired) electrons. The molecule has 0 aromatic heterocycles. The van der Waals surface area contributed by atoms with E-state index in [4.69, 9.17) is 14.6 Å². The van der Waals surface area contributed by atoms with Crippen LogP contribution in [0.5, 0.6) is 11.5 Å². The average Bonchev–Trinajstić information content (AvgIpc) is 2.85. The van der Waals surface area contributed by atoms with Gasteiger partial charge in [0.2, 0.25) is 0 Å². The highest BCUT2D eigenvalue weighted by Crippen LogP contribution is 2.34. The topological polar surface area (TPSA) is 76.1 Å². The van der Waals surface area contributed by atoms with Crippen LogP contribution in [-0.4, -0.2) is 48.2 Å². The highest BCUT2D eigenvalue weighted by atomic mass is 16.5. The van der Waals surface area contributed by atoms with E-state index in [1.54, 1.807) is 23.1 Å². The summed E-state index contributed by atoms with van der Waals surface area (Å²) in [5.41, 5.74) is 0.445. The SMILES string of the molecule is O=C(O)C1CCN(C(=O)c2cccc3c2OCCCO3)C1. The molecule has 0 aliphatic carbocycles.